The minimum atomic E-state index is -0.310. The summed E-state index contributed by atoms with van der Waals surface area (Å²) in [7, 11) is 0. The topological polar surface area (TPSA) is 36.9 Å². The summed E-state index contributed by atoms with van der Waals surface area (Å²) in [6, 6.07) is 9.96. The predicted molar refractivity (Wildman–Crippen MR) is 104 cm³/mol. The van der Waals surface area contributed by atoms with Gasteiger partial charge in [-0.25, -0.2) is 0 Å². The van der Waals surface area contributed by atoms with E-state index in [0.29, 0.717) is 13.0 Å². The van der Waals surface area contributed by atoms with Crippen LogP contribution in [0.2, 0.25) is 0 Å². The van der Waals surface area contributed by atoms with E-state index in [1.54, 1.807) is 0 Å². The predicted octanol–water partition coefficient (Wildman–Crippen LogP) is 3.47. The minimum absolute atomic E-state index is 0. The number of nitrogens with one attached hydrogen (secondary N) is 1. The molecule has 1 saturated heterocycles. The molecule has 1 aliphatic heterocycles. The van der Waals surface area contributed by atoms with Crippen molar-refractivity contribution in [2.24, 2.45) is 4.99 Å². The van der Waals surface area contributed by atoms with Gasteiger partial charge in [-0.1, -0.05) is 18.2 Å². The molecule has 0 saturated carbocycles. The number of benzene rings is 1. The van der Waals surface area contributed by atoms with Crippen molar-refractivity contribution in [3.8, 4) is 5.75 Å². The van der Waals surface area contributed by atoms with Crippen LogP contribution in [-0.4, -0.2) is 49.8 Å². The molecule has 4 nitrogen and oxygen atoms in total. The Bertz CT molecular complexity index is 450. The second kappa shape index (κ2) is 11.5. The number of alkyl halides is 1. The molecule has 6 heteroatoms. The molecular formula is C17H27FIN3O. The van der Waals surface area contributed by atoms with E-state index in [4.69, 9.17) is 4.74 Å². The first-order chi connectivity index (χ1) is 10.8. The average Bonchev–Trinajstić information content (AvgIpc) is 2.56. The molecule has 0 atom stereocenters. The third-order valence-electron chi connectivity index (χ3n) is 3.68. The lowest BCUT2D eigenvalue weighted by atomic mass is 10.1. The highest BCUT2D eigenvalue weighted by Crippen LogP contribution is 2.18. The Labute approximate surface area is 155 Å². The molecule has 0 aromatic heterocycles. The summed E-state index contributed by atoms with van der Waals surface area (Å²) in [5, 5.41) is 3.29. The molecule has 0 amide bonds. The zero-order valence-corrected chi connectivity index (χ0v) is 16.0. The maximum atomic E-state index is 12.2. The first-order valence-corrected chi connectivity index (χ1v) is 8.14. The van der Waals surface area contributed by atoms with Gasteiger partial charge in [0.15, 0.2) is 5.96 Å². The fraction of sp³-hybridized carbons (Fsp3) is 0.588. The number of likely N-dealkylation sites (tertiary alicyclic amines) is 1. The zero-order valence-electron chi connectivity index (χ0n) is 13.7. The van der Waals surface area contributed by atoms with Crippen LogP contribution in [0.1, 0.15) is 26.2 Å². The van der Waals surface area contributed by atoms with Crippen LogP contribution in [0.5, 0.6) is 5.75 Å². The van der Waals surface area contributed by atoms with Gasteiger partial charge in [0.25, 0.3) is 0 Å². The lowest BCUT2D eigenvalue weighted by Gasteiger charge is -2.34. The Morgan fingerprint density at radius 1 is 1.30 bits per heavy atom. The maximum Gasteiger partial charge on any atom is 0.193 e. The molecule has 1 N–H and O–H groups in total. The van der Waals surface area contributed by atoms with Crippen molar-refractivity contribution in [2.75, 3.05) is 32.9 Å². The van der Waals surface area contributed by atoms with Crippen LogP contribution in [0.4, 0.5) is 4.39 Å². The number of aliphatic imine (C=N–C) groups is 1. The molecule has 0 spiro atoms. The van der Waals surface area contributed by atoms with Crippen molar-refractivity contribution >= 4 is 29.9 Å². The van der Waals surface area contributed by atoms with E-state index in [1.807, 2.05) is 30.3 Å². The van der Waals surface area contributed by atoms with Gasteiger partial charge in [-0.05, 0) is 25.5 Å². The lowest BCUT2D eigenvalue weighted by Crippen LogP contribution is -2.47. The van der Waals surface area contributed by atoms with Crippen molar-refractivity contribution < 1.29 is 9.13 Å². The van der Waals surface area contributed by atoms with Gasteiger partial charge in [0.2, 0.25) is 0 Å². The Kier molecular flexibility index (Phi) is 9.98. The van der Waals surface area contributed by atoms with Gasteiger partial charge in [-0.2, -0.15) is 0 Å². The van der Waals surface area contributed by atoms with E-state index in [0.717, 1.165) is 44.2 Å². The van der Waals surface area contributed by atoms with Crippen molar-refractivity contribution in [2.45, 2.75) is 32.3 Å². The summed E-state index contributed by atoms with van der Waals surface area (Å²) in [5.74, 6) is 1.83. The normalized spacial score (nSPS) is 15.9. The van der Waals surface area contributed by atoms with Gasteiger partial charge in [0, 0.05) is 39.0 Å². The highest BCUT2D eigenvalue weighted by atomic mass is 127. The lowest BCUT2D eigenvalue weighted by molar-refractivity contribution is 0.129. The third kappa shape index (κ3) is 6.93. The molecular weight excluding hydrogens is 408 g/mol. The second-order valence-corrected chi connectivity index (χ2v) is 5.40. The highest BCUT2D eigenvalue weighted by molar-refractivity contribution is 14.0. The minimum Gasteiger partial charge on any atom is -0.490 e. The zero-order chi connectivity index (χ0) is 15.6. The summed E-state index contributed by atoms with van der Waals surface area (Å²) >= 11 is 0. The first kappa shape index (κ1) is 20.0. The number of nitrogens with zero attached hydrogens (tertiary/aromatic N) is 2. The van der Waals surface area contributed by atoms with Crippen molar-refractivity contribution in [3.63, 3.8) is 0 Å². The van der Waals surface area contributed by atoms with Gasteiger partial charge in [0.1, 0.15) is 11.9 Å². The largest absolute Gasteiger partial charge is 0.490 e. The molecule has 0 bridgehead atoms. The molecule has 0 unspecified atom stereocenters. The third-order valence-corrected chi connectivity index (χ3v) is 3.68. The smallest absolute Gasteiger partial charge is 0.193 e. The molecule has 1 aromatic rings. The Morgan fingerprint density at radius 2 is 2.00 bits per heavy atom. The monoisotopic (exact) mass is 435 g/mol. The molecule has 1 aliphatic rings. The van der Waals surface area contributed by atoms with Crippen molar-refractivity contribution in [1.82, 2.24) is 10.2 Å². The van der Waals surface area contributed by atoms with Crippen molar-refractivity contribution in [3.05, 3.63) is 30.3 Å². The molecule has 1 heterocycles. The van der Waals surface area contributed by atoms with Crippen LogP contribution >= 0.6 is 24.0 Å². The van der Waals surface area contributed by atoms with Crippen molar-refractivity contribution in [1.29, 1.82) is 0 Å². The van der Waals surface area contributed by atoms with E-state index >= 15 is 0 Å². The number of guanidine groups is 1. The van der Waals surface area contributed by atoms with Crippen LogP contribution in [0.15, 0.2) is 35.3 Å². The van der Waals surface area contributed by atoms with E-state index < -0.39 is 0 Å². The fourth-order valence-corrected chi connectivity index (χ4v) is 2.55. The number of piperidine rings is 1. The maximum absolute atomic E-state index is 12.2. The quantitative estimate of drug-likeness (QED) is 0.322. The van der Waals surface area contributed by atoms with E-state index in [-0.39, 0.29) is 36.8 Å². The highest BCUT2D eigenvalue weighted by Gasteiger charge is 2.22. The SMILES string of the molecule is CCNC(=NCCCF)N1CCC(Oc2ccccc2)CC1.I. The first-order valence-electron chi connectivity index (χ1n) is 8.14. The van der Waals surface area contributed by atoms with Gasteiger partial charge < -0.3 is 15.0 Å². The number of rotatable bonds is 6. The number of para-hydroxylation sites is 1. The van der Waals surface area contributed by atoms with Crippen LogP contribution in [-0.2, 0) is 0 Å². The summed E-state index contributed by atoms with van der Waals surface area (Å²) in [6.07, 6.45) is 2.69. The van der Waals surface area contributed by atoms with Gasteiger partial charge >= 0.3 is 0 Å². The summed E-state index contributed by atoms with van der Waals surface area (Å²) in [5.41, 5.74) is 0. The Morgan fingerprint density at radius 3 is 2.61 bits per heavy atom. The molecule has 23 heavy (non-hydrogen) atoms. The number of hydrogen-bond acceptors (Lipinski definition) is 2. The van der Waals surface area contributed by atoms with Crippen LogP contribution in [0.25, 0.3) is 0 Å². The molecule has 1 aromatic carbocycles. The van der Waals surface area contributed by atoms with E-state index in [2.05, 4.69) is 22.1 Å². The molecule has 0 radical (unpaired) electrons. The summed E-state index contributed by atoms with van der Waals surface area (Å²) in [4.78, 5) is 6.73. The Balaban J connectivity index is 0.00000264. The van der Waals surface area contributed by atoms with Gasteiger partial charge in [0.05, 0.1) is 6.67 Å². The standard InChI is InChI=1S/C17H26FN3O.HI/c1-2-19-17(20-12-6-11-18)21-13-9-16(10-14-21)22-15-7-4-3-5-8-15;/h3-5,7-8,16H,2,6,9-14H2,1H3,(H,19,20);1H. The number of halogens is 2. The summed E-state index contributed by atoms with van der Waals surface area (Å²) in [6.45, 7) is 4.94. The van der Waals surface area contributed by atoms with Crippen LogP contribution in [0, 0.1) is 0 Å². The van der Waals surface area contributed by atoms with E-state index in [9.17, 15) is 4.39 Å². The Hall–Kier alpha value is -1.05. The average molecular weight is 435 g/mol. The van der Waals surface area contributed by atoms with E-state index in [1.165, 1.54) is 0 Å². The summed E-state index contributed by atoms with van der Waals surface area (Å²) < 4.78 is 18.2. The van der Waals surface area contributed by atoms with Gasteiger partial charge in [-0.3, -0.25) is 9.38 Å². The second-order valence-electron chi connectivity index (χ2n) is 5.40. The van der Waals surface area contributed by atoms with Crippen LogP contribution in [0.3, 0.4) is 0 Å². The number of hydrogen-bond donors (Lipinski definition) is 1. The van der Waals surface area contributed by atoms with Crippen LogP contribution < -0.4 is 10.1 Å². The molecule has 130 valence electrons. The molecule has 1 fully saturated rings. The number of ether oxygens (including phenoxy) is 1. The van der Waals surface area contributed by atoms with Gasteiger partial charge in [-0.15, -0.1) is 24.0 Å². The molecule has 2 rings (SSSR count). The molecule has 0 aliphatic carbocycles. The fourth-order valence-electron chi connectivity index (χ4n) is 2.55.